The molecule has 2 aromatic heterocycles. The molecule has 0 amide bonds. The van der Waals surface area contributed by atoms with Crippen LogP contribution in [0, 0.1) is 0 Å². The highest BCUT2D eigenvalue weighted by Gasteiger charge is 2.24. The zero-order chi connectivity index (χ0) is 24.2. The van der Waals surface area contributed by atoms with E-state index in [0.717, 1.165) is 69.8 Å². The third-order valence-corrected chi connectivity index (χ3v) is 7.33. The smallest absolute Gasteiger partial charge is 0.335 e. The van der Waals surface area contributed by atoms with Gasteiger partial charge in [0.1, 0.15) is 0 Å². The van der Waals surface area contributed by atoms with Crippen molar-refractivity contribution >= 4 is 28.3 Å². The van der Waals surface area contributed by atoms with E-state index in [-0.39, 0.29) is 0 Å². The first kappa shape index (κ1) is 23.3. The number of aliphatic imine (C=N–C) groups is 1. The molecule has 182 valence electrons. The summed E-state index contributed by atoms with van der Waals surface area (Å²) in [5.74, 6) is -0.359. The summed E-state index contributed by atoms with van der Waals surface area (Å²) in [5.41, 5.74) is 6.20. The molecule has 5 rings (SSSR count). The number of aromatic carboxylic acids is 1. The summed E-state index contributed by atoms with van der Waals surface area (Å²) in [6, 6.07) is 9.23. The maximum absolute atomic E-state index is 11.3. The van der Waals surface area contributed by atoms with Gasteiger partial charge in [-0.1, -0.05) is 18.2 Å². The zero-order valence-corrected chi connectivity index (χ0v) is 20.3. The Kier molecular flexibility index (Phi) is 6.95. The topological polar surface area (TPSA) is 84.8 Å². The number of nitrogens with zero attached hydrogens (tertiary/aromatic N) is 4. The highest BCUT2D eigenvalue weighted by atomic mass is 16.4. The predicted octanol–water partition coefficient (Wildman–Crippen LogP) is 4.52. The van der Waals surface area contributed by atoms with Gasteiger partial charge in [0.05, 0.1) is 17.8 Å². The largest absolute Gasteiger partial charge is 0.478 e. The average molecular weight is 472 g/mol. The summed E-state index contributed by atoms with van der Waals surface area (Å²) >= 11 is 0. The van der Waals surface area contributed by atoms with Crippen LogP contribution in [0.5, 0.6) is 0 Å². The molecule has 2 N–H and O–H groups in total. The van der Waals surface area contributed by atoms with Gasteiger partial charge in [-0.25, -0.2) is 4.79 Å². The molecule has 2 aliphatic rings. The van der Waals surface area contributed by atoms with Crippen molar-refractivity contribution in [2.45, 2.75) is 31.6 Å². The summed E-state index contributed by atoms with van der Waals surface area (Å²) in [6.45, 7) is 4.74. The number of allylic oxidation sites excluding steroid dienone is 1. The Hall–Kier alpha value is -3.45. The highest BCUT2D eigenvalue weighted by molar-refractivity contribution is 5.94. The number of aromatic nitrogens is 2. The van der Waals surface area contributed by atoms with E-state index in [1.807, 2.05) is 25.4 Å². The Morgan fingerprint density at radius 3 is 2.86 bits per heavy atom. The Balaban J connectivity index is 1.20. The van der Waals surface area contributed by atoms with Gasteiger partial charge in [0, 0.05) is 67.7 Å². The minimum atomic E-state index is -0.887. The molecule has 1 fully saturated rings. The fourth-order valence-corrected chi connectivity index (χ4v) is 5.26. The Morgan fingerprint density at radius 2 is 2.09 bits per heavy atom. The fourth-order valence-electron chi connectivity index (χ4n) is 5.26. The van der Waals surface area contributed by atoms with Crippen LogP contribution in [0.2, 0.25) is 0 Å². The molecule has 7 heteroatoms. The minimum absolute atomic E-state index is 0.328. The van der Waals surface area contributed by atoms with Crippen LogP contribution in [0.4, 0.5) is 5.69 Å². The number of carboxylic acid groups (broad SMARTS) is 1. The molecule has 0 spiro atoms. The van der Waals surface area contributed by atoms with Crippen LogP contribution in [-0.4, -0.2) is 71.4 Å². The van der Waals surface area contributed by atoms with E-state index in [2.05, 4.69) is 44.2 Å². The molecule has 1 saturated heterocycles. The number of benzene rings is 1. The second-order valence-electron chi connectivity index (χ2n) is 9.58. The summed E-state index contributed by atoms with van der Waals surface area (Å²) in [5, 5.41) is 10.5. The van der Waals surface area contributed by atoms with E-state index in [1.54, 1.807) is 12.1 Å². The summed E-state index contributed by atoms with van der Waals surface area (Å²) in [4.78, 5) is 28.9. The number of carboxylic acids is 1. The molecule has 0 saturated carbocycles. The average Bonchev–Trinajstić information content (AvgIpc) is 3.33. The summed E-state index contributed by atoms with van der Waals surface area (Å²) in [6.07, 6.45) is 12.4. The van der Waals surface area contributed by atoms with Crippen LogP contribution >= 0.6 is 0 Å². The number of likely N-dealkylation sites (tertiary alicyclic amines) is 1. The molecule has 0 radical (unpaired) electrons. The van der Waals surface area contributed by atoms with Gasteiger partial charge >= 0.3 is 5.97 Å². The first-order valence-corrected chi connectivity index (χ1v) is 12.5. The number of H-pyrrole nitrogens is 1. The van der Waals surface area contributed by atoms with Gasteiger partial charge in [-0.3, -0.25) is 9.98 Å². The lowest BCUT2D eigenvalue weighted by molar-refractivity contribution is 0.0697. The lowest BCUT2D eigenvalue weighted by atomic mass is 9.88. The molecular formula is C28H33N5O2. The third kappa shape index (κ3) is 5.30. The number of anilines is 1. The monoisotopic (exact) mass is 471 g/mol. The number of pyridine rings is 1. The van der Waals surface area contributed by atoms with E-state index in [1.165, 1.54) is 22.2 Å². The van der Waals surface area contributed by atoms with Crippen LogP contribution in [0.15, 0.2) is 59.9 Å². The molecule has 2 aliphatic heterocycles. The maximum atomic E-state index is 11.3. The van der Waals surface area contributed by atoms with E-state index < -0.39 is 5.97 Å². The molecule has 4 heterocycles. The standard InChI is InChI=1S/C28H33N5O2/c1-32(23-7-4-5-21(17-23)28(34)35)15-16-33-13-9-20(10-14-33)24-19-31-25-8-12-30-26(27(24)25)18-22-6-2-3-11-29-22/h2-5,7-8,12,17,19-20,31H,6,9-11,13-16,18H2,1H3,(H,34,35). The van der Waals surface area contributed by atoms with E-state index in [0.29, 0.717) is 11.5 Å². The van der Waals surface area contributed by atoms with Gasteiger partial charge in [-0.05, 0) is 61.7 Å². The van der Waals surface area contributed by atoms with Gasteiger partial charge in [0.2, 0.25) is 0 Å². The van der Waals surface area contributed by atoms with E-state index in [4.69, 9.17) is 4.98 Å². The number of nitrogens with one attached hydrogen (secondary N) is 1. The molecule has 0 unspecified atom stereocenters. The summed E-state index contributed by atoms with van der Waals surface area (Å²) in [7, 11) is 2.03. The molecule has 7 nitrogen and oxygen atoms in total. The minimum Gasteiger partial charge on any atom is -0.478 e. The third-order valence-electron chi connectivity index (χ3n) is 7.33. The lowest BCUT2D eigenvalue weighted by Gasteiger charge is -2.33. The van der Waals surface area contributed by atoms with Crippen LogP contribution in [0.25, 0.3) is 10.9 Å². The number of rotatable bonds is 8. The van der Waals surface area contributed by atoms with Crippen molar-refractivity contribution in [3.05, 3.63) is 71.7 Å². The number of piperidine rings is 1. The number of carbonyl (C=O) groups is 1. The molecule has 3 aromatic rings. The first-order chi connectivity index (χ1) is 17.1. The van der Waals surface area contributed by atoms with Crippen molar-refractivity contribution in [1.29, 1.82) is 0 Å². The Labute approximate surface area is 206 Å². The van der Waals surface area contributed by atoms with Gasteiger partial charge in [0.25, 0.3) is 0 Å². The Bertz CT molecular complexity index is 1250. The van der Waals surface area contributed by atoms with Crippen LogP contribution < -0.4 is 4.90 Å². The van der Waals surface area contributed by atoms with Crippen molar-refractivity contribution in [2.24, 2.45) is 4.99 Å². The zero-order valence-electron chi connectivity index (χ0n) is 20.3. The van der Waals surface area contributed by atoms with Gasteiger partial charge < -0.3 is 19.9 Å². The predicted molar refractivity (Wildman–Crippen MR) is 141 cm³/mol. The van der Waals surface area contributed by atoms with E-state index in [9.17, 15) is 9.90 Å². The molecule has 0 atom stereocenters. The number of fused-ring (bicyclic) bond motifs is 1. The number of hydrogen-bond donors (Lipinski definition) is 2. The highest BCUT2D eigenvalue weighted by Crippen LogP contribution is 2.34. The van der Waals surface area contributed by atoms with E-state index >= 15 is 0 Å². The van der Waals surface area contributed by atoms with Crippen molar-refractivity contribution in [1.82, 2.24) is 14.9 Å². The number of dihydropyridines is 1. The summed E-state index contributed by atoms with van der Waals surface area (Å²) < 4.78 is 0. The molecule has 0 aliphatic carbocycles. The number of hydrogen-bond acceptors (Lipinski definition) is 5. The quantitative estimate of drug-likeness (QED) is 0.472. The van der Waals surface area contributed by atoms with Crippen LogP contribution in [0.3, 0.4) is 0 Å². The van der Waals surface area contributed by atoms with Crippen LogP contribution in [-0.2, 0) is 6.42 Å². The Morgan fingerprint density at radius 1 is 1.23 bits per heavy atom. The normalized spacial score (nSPS) is 17.0. The van der Waals surface area contributed by atoms with Crippen molar-refractivity contribution in [3.63, 3.8) is 0 Å². The first-order valence-electron chi connectivity index (χ1n) is 12.5. The molecular weight excluding hydrogens is 438 g/mol. The lowest BCUT2D eigenvalue weighted by Crippen LogP contribution is -2.38. The number of aromatic amines is 1. The maximum Gasteiger partial charge on any atom is 0.335 e. The van der Waals surface area contributed by atoms with Crippen molar-refractivity contribution in [3.8, 4) is 0 Å². The molecule has 0 bridgehead atoms. The second-order valence-corrected chi connectivity index (χ2v) is 9.58. The van der Waals surface area contributed by atoms with Gasteiger partial charge in [-0.2, -0.15) is 0 Å². The van der Waals surface area contributed by atoms with Gasteiger partial charge in [-0.15, -0.1) is 0 Å². The molecule has 35 heavy (non-hydrogen) atoms. The SMILES string of the molecule is CN(CCN1CCC(c2c[nH]c3ccnc(CC4=NCC=CC4)c23)CC1)c1cccc(C(=O)O)c1. The second kappa shape index (κ2) is 10.4. The van der Waals surface area contributed by atoms with Crippen molar-refractivity contribution < 1.29 is 9.90 Å². The van der Waals surface area contributed by atoms with Crippen LogP contribution in [0.1, 0.15) is 46.8 Å². The van der Waals surface area contributed by atoms with Gasteiger partial charge in [0.15, 0.2) is 0 Å². The van der Waals surface area contributed by atoms with Crippen molar-refractivity contribution in [2.75, 3.05) is 44.7 Å². The fraction of sp³-hybridized carbons (Fsp3) is 0.393. The molecule has 1 aromatic carbocycles. The number of likely N-dealkylation sites (N-methyl/N-ethyl adjacent to an activating group) is 1.